The molecule has 0 aliphatic rings. The second-order valence-corrected chi connectivity index (χ2v) is 6.01. The van der Waals surface area contributed by atoms with Crippen molar-refractivity contribution in [2.45, 2.75) is 31.8 Å². The molecule has 4 heteroatoms. The predicted molar refractivity (Wildman–Crippen MR) is 76.7 cm³/mol. The summed E-state index contributed by atoms with van der Waals surface area (Å²) in [6.45, 7) is 4.38. The highest BCUT2D eigenvalue weighted by molar-refractivity contribution is 9.10. The second kappa shape index (κ2) is 5.96. The Hall–Kier alpha value is -0.420. The minimum Gasteiger partial charge on any atom is -0.303 e. The highest BCUT2D eigenvalue weighted by Crippen LogP contribution is 2.20. The van der Waals surface area contributed by atoms with Crippen molar-refractivity contribution in [1.82, 2.24) is 10.3 Å². The molecular weight excluding hydrogens is 278 g/mol. The maximum atomic E-state index is 5.69. The Kier molecular flexibility index (Phi) is 5.13. The summed E-state index contributed by atoms with van der Waals surface area (Å²) in [5.41, 5.74) is 4.22. The number of likely N-dealkylation sites (N-methyl/N-ethyl adjacent to an activating group) is 1. The lowest BCUT2D eigenvalue weighted by atomic mass is 9.88. The van der Waals surface area contributed by atoms with Crippen LogP contribution in [0, 0.1) is 0 Å². The number of nitrogens with zero attached hydrogens (tertiary/aromatic N) is 1. The Morgan fingerprint density at radius 3 is 2.24 bits per heavy atom. The van der Waals surface area contributed by atoms with Gasteiger partial charge in [-0.25, -0.2) is 0 Å². The molecule has 1 unspecified atom stereocenters. The minimum absolute atomic E-state index is 0.00181. The van der Waals surface area contributed by atoms with Crippen LogP contribution in [0.5, 0.6) is 0 Å². The van der Waals surface area contributed by atoms with Crippen LogP contribution in [0.4, 0.5) is 0 Å². The SMILES string of the molecule is CN(C)C(C)(C)C(Cc1ccc(Br)cc1)NN. The van der Waals surface area contributed by atoms with Crippen molar-refractivity contribution < 1.29 is 0 Å². The van der Waals surface area contributed by atoms with E-state index in [1.54, 1.807) is 0 Å². The quantitative estimate of drug-likeness (QED) is 0.647. The van der Waals surface area contributed by atoms with E-state index in [1.807, 2.05) is 0 Å². The first-order chi connectivity index (χ1) is 7.87. The molecule has 96 valence electrons. The number of hydrogen-bond acceptors (Lipinski definition) is 3. The van der Waals surface area contributed by atoms with Gasteiger partial charge in [0.05, 0.1) is 0 Å². The van der Waals surface area contributed by atoms with Crippen LogP contribution in [-0.2, 0) is 6.42 Å². The van der Waals surface area contributed by atoms with Gasteiger partial charge >= 0.3 is 0 Å². The Morgan fingerprint density at radius 1 is 1.29 bits per heavy atom. The van der Waals surface area contributed by atoms with Crippen LogP contribution in [0.25, 0.3) is 0 Å². The van der Waals surface area contributed by atoms with E-state index in [0.717, 1.165) is 10.9 Å². The van der Waals surface area contributed by atoms with E-state index in [9.17, 15) is 0 Å². The van der Waals surface area contributed by atoms with Crippen molar-refractivity contribution in [2.24, 2.45) is 5.84 Å². The van der Waals surface area contributed by atoms with Crippen LogP contribution in [0.1, 0.15) is 19.4 Å². The lowest BCUT2D eigenvalue weighted by molar-refractivity contribution is 0.137. The van der Waals surface area contributed by atoms with E-state index in [2.05, 4.69) is 78.5 Å². The molecule has 1 aromatic rings. The third kappa shape index (κ3) is 3.78. The molecule has 3 nitrogen and oxygen atoms in total. The number of nitrogens with two attached hydrogens (primary N) is 1. The van der Waals surface area contributed by atoms with Crippen LogP contribution in [0.3, 0.4) is 0 Å². The first-order valence-electron chi connectivity index (χ1n) is 5.76. The summed E-state index contributed by atoms with van der Waals surface area (Å²) < 4.78 is 1.10. The summed E-state index contributed by atoms with van der Waals surface area (Å²) in [5, 5.41) is 0. The molecule has 0 spiro atoms. The van der Waals surface area contributed by atoms with Crippen molar-refractivity contribution in [3.8, 4) is 0 Å². The molecule has 0 aliphatic heterocycles. The van der Waals surface area contributed by atoms with Crippen molar-refractivity contribution in [2.75, 3.05) is 14.1 Å². The Morgan fingerprint density at radius 2 is 1.82 bits per heavy atom. The summed E-state index contributed by atoms with van der Waals surface area (Å²) in [6.07, 6.45) is 0.912. The van der Waals surface area contributed by atoms with Crippen molar-refractivity contribution in [3.63, 3.8) is 0 Å². The van der Waals surface area contributed by atoms with Gasteiger partial charge in [-0.1, -0.05) is 28.1 Å². The summed E-state index contributed by atoms with van der Waals surface area (Å²) in [6, 6.07) is 8.58. The van der Waals surface area contributed by atoms with E-state index in [0.29, 0.717) is 0 Å². The third-order valence-corrected chi connectivity index (χ3v) is 4.09. The fraction of sp³-hybridized carbons (Fsp3) is 0.538. The predicted octanol–water partition coefficient (Wildman–Crippen LogP) is 2.16. The number of benzene rings is 1. The molecule has 0 heterocycles. The average Bonchev–Trinajstić information content (AvgIpc) is 2.27. The number of hydrogen-bond donors (Lipinski definition) is 2. The third-order valence-electron chi connectivity index (χ3n) is 3.56. The van der Waals surface area contributed by atoms with E-state index < -0.39 is 0 Å². The molecule has 1 rings (SSSR count). The number of rotatable bonds is 5. The van der Waals surface area contributed by atoms with E-state index in [1.165, 1.54) is 5.56 Å². The fourth-order valence-electron chi connectivity index (χ4n) is 1.68. The monoisotopic (exact) mass is 299 g/mol. The molecule has 0 saturated carbocycles. The molecule has 0 radical (unpaired) electrons. The van der Waals surface area contributed by atoms with Gasteiger partial charge in [0.2, 0.25) is 0 Å². The lowest BCUT2D eigenvalue weighted by Crippen LogP contribution is -2.58. The summed E-state index contributed by atoms with van der Waals surface area (Å²) in [4.78, 5) is 2.19. The molecule has 1 atom stereocenters. The zero-order chi connectivity index (χ0) is 13.1. The normalized spacial score (nSPS) is 14.1. The Bertz CT molecular complexity index is 346. The molecule has 0 fully saturated rings. The van der Waals surface area contributed by atoms with Crippen LogP contribution in [0.15, 0.2) is 28.7 Å². The van der Waals surface area contributed by atoms with E-state index in [4.69, 9.17) is 5.84 Å². The topological polar surface area (TPSA) is 41.3 Å². The molecule has 0 saturated heterocycles. The number of hydrazine groups is 1. The van der Waals surface area contributed by atoms with E-state index >= 15 is 0 Å². The van der Waals surface area contributed by atoms with Gasteiger partial charge in [0.1, 0.15) is 0 Å². The Balaban J connectivity index is 2.80. The van der Waals surface area contributed by atoms with Crippen LogP contribution < -0.4 is 11.3 Å². The van der Waals surface area contributed by atoms with Gasteiger partial charge in [-0.2, -0.15) is 0 Å². The van der Waals surface area contributed by atoms with Gasteiger partial charge in [-0.15, -0.1) is 0 Å². The molecule has 17 heavy (non-hydrogen) atoms. The first-order valence-corrected chi connectivity index (χ1v) is 6.55. The number of nitrogens with one attached hydrogen (secondary N) is 1. The van der Waals surface area contributed by atoms with Crippen LogP contribution in [-0.4, -0.2) is 30.6 Å². The van der Waals surface area contributed by atoms with Gasteiger partial charge in [-0.05, 0) is 52.1 Å². The summed E-state index contributed by atoms with van der Waals surface area (Å²) in [5.74, 6) is 5.69. The van der Waals surface area contributed by atoms with Crippen LogP contribution in [0.2, 0.25) is 0 Å². The zero-order valence-corrected chi connectivity index (χ0v) is 12.6. The molecule has 0 amide bonds. The lowest BCUT2D eigenvalue weighted by Gasteiger charge is -2.40. The smallest absolute Gasteiger partial charge is 0.0429 e. The van der Waals surface area contributed by atoms with Gasteiger partial charge in [0.25, 0.3) is 0 Å². The van der Waals surface area contributed by atoms with Crippen molar-refractivity contribution in [1.29, 1.82) is 0 Å². The summed E-state index contributed by atoms with van der Waals surface area (Å²) in [7, 11) is 4.15. The standard InChI is InChI=1S/C13H22BrN3/c1-13(2,17(3)4)12(16-15)9-10-5-7-11(14)8-6-10/h5-8,12,16H,9,15H2,1-4H3. The summed E-state index contributed by atoms with van der Waals surface area (Å²) >= 11 is 3.44. The van der Waals surface area contributed by atoms with Gasteiger partial charge < -0.3 is 4.90 Å². The molecule has 1 aromatic carbocycles. The van der Waals surface area contributed by atoms with Crippen LogP contribution >= 0.6 is 15.9 Å². The fourth-order valence-corrected chi connectivity index (χ4v) is 1.94. The molecule has 3 N–H and O–H groups in total. The maximum Gasteiger partial charge on any atom is 0.0429 e. The average molecular weight is 300 g/mol. The minimum atomic E-state index is 0.00181. The van der Waals surface area contributed by atoms with E-state index in [-0.39, 0.29) is 11.6 Å². The van der Waals surface area contributed by atoms with Crippen molar-refractivity contribution >= 4 is 15.9 Å². The zero-order valence-electron chi connectivity index (χ0n) is 11.0. The van der Waals surface area contributed by atoms with Gasteiger partial charge in [0, 0.05) is 16.1 Å². The molecule has 0 bridgehead atoms. The highest BCUT2D eigenvalue weighted by Gasteiger charge is 2.30. The number of halogens is 1. The van der Waals surface area contributed by atoms with Gasteiger partial charge in [0.15, 0.2) is 0 Å². The first kappa shape index (κ1) is 14.6. The highest BCUT2D eigenvalue weighted by atomic mass is 79.9. The van der Waals surface area contributed by atoms with Gasteiger partial charge in [-0.3, -0.25) is 11.3 Å². The molecule has 0 aromatic heterocycles. The van der Waals surface area contributed by atoms with Crippen molar-refractivity contribution in [3.05, 3.63) is 34.3 Å². The second-order valence-electron chi connectivity index (χ2n) is 5.10. The largest absolute Gasteiger partial charge is 0.303 e. The molecular formula is C13H22BrN3. The Labute approximate surface area is 112 Å². The maximum absolute atomic E-state index is 5.69. The molecule has 0 aliphatic carbocycles.